The first-order valence-corrected chi connectivity index (χ1v) is 9.57. The van der Waals surface area contributed by atoms with Crippen molar-refractivity contribution in [3.63, 3.8) is 0 Å². The van der Waals surface area contributed by atoms with E-state index in [-0.39, 0.29) is 23.9 Å². The van der Waals surface area contributed by atoms with Gasteiger partial charge in [-0.3, -0.25) is 4.98 Å². The molecule has 1 atom stereocenters. The summed E-state index contributed by atoms with van der Waals surface area (Å²) in [6.45, 7) is 7.11. The van der Waals surface area contributed by atoms with Crippen LogP contribution < -0.4 is 0 Å². The number of likely N-dealkylation sites (tertiary alicyclic amines) is 1. The number of aromatic nitrogens is 1. The number of pyridine rings is 1. The Balaban J connectivity index is 2.26. The zero-order chi connectivity index (χ0) is 20.6. The van der Waals surface area contributed by atoms with Gasteiger partial charge in [-0.25, -0.2) is 4.79 Å². The van der Waals surface area contributed by atoms with Crippen LogP contribution in [0.2, 0.25) is 0 Å². The third-order valence-electron chi connectivity index (χ3n) is 3.96. The van der Waals surface area contributed by atoms with Gasteiger partial charge >= 0.3 is 21.5 Å². The molecule has 2 rings (SSSR count). The number of hydrogen-bond acceptors (Lipinski definition) is 6. The zero-order valence-electron chi connectivity index (χ0n) is 15.3. The van der Waals surface area contributed by atoms with E-state index in [1.165, 1.54) is 11.8 Å². The monoisotopic (exact) mass is 410 g/mol. The van der Waals surface area contributed by atoms with Crippen molar-refractivity contribution in [1.29, 1.82) is 0 Å². The number of alkyl halides is 2. The van der Waals surface area contributed by atoms with Crippen LogP contribution in [-0.4, -0.2) is 43.1 Å². The summed E-state index contributed by atoms with van der Waals surface area (Å²) in [5.74, 6) is -0.388. The molecule has 152 valence electrons. The zero-order valence-corrected chi connectivity index (χ0v) is 16.1. The fourth-order valence-electron chi connectivity index (χ4n) is 2.75. The second kappa shape index (κ2) is 7.27. The molecule has 1 amide bonds. The van der Waals surface area contributed by atoms with Crippen molar-refractivity contribution in [2.75, 3.05) is 13.1 Å². The molecule has 0 N–H and O–H groups in total. The van der Waals surface area contributed by atoms with E-state index in [1.54, 1.807) is 20.8 Å². The van der Waals surface area contributed by atoms with Crippen molar-refractivity contribution < 1.29 is 35.6 Å². The largest absolute Gasteiger partial charge is 0.444 e. The number of hydrogen-bond donors (Lipinski definition) is 0. The maximum Gasteiger partial charge on any atom is 0.410 e. The van der Waals surface area contributed by atoms with Crippen LogP contribution in [0.4, 0.5) is 18.1 Å². The highest BCUT2D eigenvalue weighted by Gasteiger charge is 2.50. The summed E-state index contributed by atoms with van der Waals surface area (Å²) < 4.78 is 70.5. The smallest absolute Gasteiger partial charge is 0.410 e. The van der Waals surface area contributed by atoms with E-state index in [4.69, 9.17) is 4.74 Å². The standard InChI is InChI=1S/C16H21F3N2O5S/c1-10-7-12(16(17,18)27(23,24)26-19)8-13(20-10)11-5-6-21(9-11)14(22)25-15(2,3)4/h7-8,11H,5-6,9H2,1-4H3. The maximum atomic E-state index is 14.1. The molecule has 0 bridgehead atoms. The van der Waals surface area contributed by atoms with Crippen LogP contribution in [0, 0.1) is 6.92 Å². The van der Waals surface area contributed by atoms with E-state index in [9.17, 15) is 26.5 Å². The molecule has 1 aromatic rings. The first-order chi connectivity index (χ1) is 12.3. The van der Waals surface area contributed by atoms with Crippen LogP contribution in [0.1, 0.15) is 50.1 Å². The molecule has 1 aliphatic heterocycles. The molecule has 0 saturated carbocycles. The first kappa shape index (κ1) is 21.4. The SMILES string of the molecule is Cc1cc(C(F)(F)S(=O)(=O)OF)cc(C2CCN(C(=O)OC(C)(C)C)C2)n1. The van der Waals surface area contributed by atoms with Crippen molar-refractivity contribution in [1.82, 2.24) is 9.88 Å². The molecule has 1 aromatic heterocycles. The predicted molar refractivity (Wildman–Crippen MR) is 89.1 cm³/mol. The van der Waals surface area contributed by atoms with Crippen molar-refractivity contribution >= 4 is 16.2 Å². The topological polar surface area (TPSA) is 85.8 Å². The molecule has 27 heavy (non-hydrogen) atoms. The van der Waals surface area contributed by atoms with Gasteiger partial charge in [-0.15, -0.1) is 0 Å². The fourth-order valence-corrected chi connectivity index (χ4v) is 3.23. The van der Waals surface area contributed by atoms with Gasteiger partial charge in [0.2, 0.25) is 0 Å². The van der Waals surface area contributed by atoms with Crippen molar-refractivity contribution in [2.45, 2.75) is 50.9 Å². The average Bonchev–Trinajstić information content (AvgIpc) is 3.02. The van der Waals surface area contributed by atoms with E-state index < -0.39 is 32.6 Å². The third kappa shape index (κ3) is 4.70. The predicted octanol–water partition coefficient (Wildman–Crippen LogP) is 3.39. The number of aryl methyl sites for hydroxylation is 1. The molecule has 1 fully saturated rings. The first-order valence-electron chi connectivity index (χ1n) is 8.16. The Bertz CT molecular complexity index is 824. The van der Waals surface area contributed by atoms with Gasteiger partial charge in [0.1, 0.15) is 5.60 Å². The van der Waals surface area contributed by atoms with E-state index in [1.807, 2.05) is 0 Å². The summed E-state index contributed by atoms with van der Waals surface area (Å²) in [5.41, 5.74) is -1.30. The number of nitrogens with zero attached hydrogens (tertiary/aromatic N) is 2. The number of halogens is 3. The lowest BCUT2D eigenvalue weighted by Crippen LogP contribution is -2.35. The summed E-state index contributed by atoms with van der Waals surface area (Å²) >= 11 is 0. The van der Waals surface area contributed by atoms with Crippen molar-refractivity contribution in [3.8, 4) is 0 Å². The Labute approximate surface area is 155 Å². The van der Waals surface area contributed by atoms with Gasteiger partial charge in [0.25, 0.3) is 0 Å². The van der Waals surface area contributed by atoms with E-state index in [2.05, 4.69) is 9.37 Å². The van der Waals surface area contributed by atoms with Crippen LogP contribution in [-0.2, 0) is 24.5 Å². The molecule has 0 aromatic carbocycles. The summed E-state index contributed by atoms with van der Waals surface area (Å²) in [6.07, 6.45) is -0.0933. The number of amides is 1. The Morgan fingerprint density at radius 3 is 2.48 bits per heavy atom. The molecule has 1 aliphatic rings. The molecular formula is C16H21F3N2O5S. The number of rotatable bonds is 4. The van der Waals surface area contributed by atoms with Gasteiger partial charge in [-0.2, -0.15) is 17.2 Å². The summed E-state index contributed by atoms with van der Waals surface area (Å²) in [7, 11) is -5.76. The highest BCUT2D eigenvalue weighted by molar-refractivity contribution is 7.87. The lowest BCUT2D eigenvalue weighted by atomic mass is 10.0. The normalized spacial score (nSPS) is 18.6. The molecule has 11 heteroatoms. The van der Waals surface area contributed by atoms with E-state index in [0.717, 1.165) is 12.1 Å². The van der Waals surface area contributed by atoms with Gasteiger partial charge in [-0.05, 0) is 50.8 Å². The Kier molecular flexibility index (Phi) is 5.77. The second-order valence-corrected chi connectivity index (χ2v) is 8.91. The van der Waals surface area contributed by atoms with Crippen LogP contribution in [0.25, 0.3) is 0 Å². The maximum absolute atomic E-state index is 14.1. The highest BCUT2D eigenvalue weighted by Crippen LogP contribution is 2.37. The summed E-state index contributed by atoms with van der Waals surface area (Å²) in [4.78, 5) is 17.7. The molecule has 0 aliphatic carbocycles. The average molecular weight is 410 g/mol. The number of carbonyl (C=O) groups excluding carboxylic acids is 1. The summed E-state index contributed by atoms with van der Waals surface area (Å²) in [5, 5.41) is -4.58. The van der Waals surface area contributed by atoms with Crippen molar-refractivity contribution in [3.05, 3.63) is 29.1 Å². The molecule has 0 radical (unpaired) electrons. The van der Waals surface area contributed by atoms with Gasteiger partial charge in [0.15, 0.2) is 0 Å². The Hall–Kier alpha value is -1.88. The van der Waals surface area contributed by atoms with Gasteiger partial charge in [-0.1, -0.05) is 4.39 Å². The quantitative estimate of drug-likeness (QED) is 0.756. The Morgan fingerprint density at radius 1 is 1.30 bits per heavy atom. The number of carbonyl (C=O) groups is 1. The molecular weight excluding hydrogens is 389 g/mol. The van der Waals surface area contributed by atoms with Crippen LogP contribution in [0.3, 0.4) is 0 Å². The lowest BCUT2D eigenvalue weighted by Gasteiger charge is -2.24. The summed E-state index contributed by atoms with van der Waals surface area (Å²) in [6, 6.07) is 1.74. The molecule has 1 unspecified atom stereocenters. The molecule has 7 nitrogen and oxygen atoms in total. The minimum Gasteiger partial charge on any atom is -0.444 e. The third-order valence-corrected chi connectivity index (χ3v) is 4.99. The minimum absolute atomic E-state index is 0.131. The lowest BCUT2D eigenvalue weighted by molar-refractivity contribution is -0.0290. The second-order valence-electron chi connectivity index (χ2n) is 7.37. The van der Waals surface area contributed by atoms with Crippen LogP contribution in [0.5, 0.6) is 0 Å². The van der Waals surface area contributed by atoms with Gasteiger partial charge in [0.05, 0.1) is 0 Å². The van der Waals surface area contributed by atoms with Crippen LogP contribution in [0.15, 0.2) is 12.1 Å². The number of ether oxygens (including phenoxy) is 1. The van der Waals surface area contributed by atoms with Crippen molar-refractivity contribution in [2.24, 2.45) is 0 Å². The Morgan fingerprint density at radius 2 is 1.93 bits per heavy atom. The van der Waals surface area contributed by atoms with E-state index >= 15 is 0 Å². The molecule has 2 heterocycles. The van der Waals surface area contributed by atoms with Gasteiger partial charge in [0, 0.05) is 36.0 Å². The van der Waals surface area contributed by atoms with Gasteiger partial charge < -0.3 is 9.64 Å². The highest BCUT2D eigenvalue weighted by atomic mass is 32.2. The molecule has 0 spiro atoms. The minimum atomic E-state index is -5.76. The van der Waals surface area contributed by atoms with Crippen LogP contribution >= 0.6 is 0 Å². The fraction of sp³-hybridized carbons (Fsp3) is 0.625. The van der Waals surface area contributed by atoms with E-state index in [0.29, 0.717) is 13.0 Å². The molecule has 1 saturated heterocycles.